The van der Waals surface area contributed by atoms with Crippen LogP contribution in [0.1, 0.15) is 16.8 Å². The lowest BCUT2D eigenvalue weighted by Gasteiger charge is -2.03. The van der Waals surface area contributed by atoms with Gasteiger partial charge in [-0.15, -0.1) is 0 Å². The zero-order valence-electron chi connectivity index (χ0n) is 9.26. The lowest BCUT2D eigenvalue weighted by molar-refractivity contribution is 0.610. The molecule has 0 fully saturated rings. The molecule has 0 saturated carbocycles. The fourth-order valence-corrected chi connectivity index (χ4v) is 3.47. The Kier molecular flexibility index (Phi) is 2.51. The third-order valence-electron chi connectivity index (χ3n) is 2.87. The molecule has 0 radical (unpaired) electrons. The summed E-state index contributed by atoms with van der Waals surface area (Å²) in [7, 11) is 1.75. The molecule has 0 amide bonds. The summed E-state index contributed by atoms with van der Waals surface area (Å²) in [6, 6.07) is 3.83. The molecule has 0 aliphatic carbocycles. The molecular formula is C11H12ClNO2S. The Morgan fingerprint density at radius 3 is 2.38 bits per heavy atom. The lowest BCUT2D eigenvalue weighted by Crippen LogP contribution is -1.93. The van der Waals surface area contributed by atoms with Crippen LogP contribution in [-0.4, -0.2) is 13.4 Å². The third kappa shape index (κ3) is 1.62. The quantitative estimate of drug-likeness (QED) is 0.799. The summed E-state index contributed by atoms with van der Waals surface area (Å²) in [5.41, 5.74) is 3.38. The van der Waals surface area contributed by atoms with Crippen molar-refractivity contribution in [1.82, 2.24) is 4.98 Å². The summed E-state index contributed by atoms with van der Waals surface area (Å²) in [5, 5.41) is 0.701. The van der Waals surface area contributed by atoms with E-state index in [-0.39, 0.29) is 4.90 Å². The SMILES string of the molecule is Cc1ccc2[nH]c(C)c(S(=O)(=O)Cl)c2c1C. The predicted octanol–water partition coefficient (Wildman–Crippen LogP) is 3.02. The molecule has 0 aliphatic heterocycles. The van der Waals surface area contributed by atoms with E-state index in [0.29, 0.717) is 11.1 Å². The van der Waals surface area contributed by atoms with E-state index in [9.17, 15) is 8.42 Å². The van der Waals surface area contributed by atoms with Gasteiger partial charge in [-0.05, 0) is 38.0 Å². The van der Waals surface area contributed by atoms with Crippen LogP contribution in [-0.2, 0) is 9.05 Å². The molecule has 86 valence electrons. The molecule has 3 nitrogen and oxygen atoms in total. The van der Waals surface area contributed by atoms with E-state index in [1.165, 1.54) is 0 Å². The molecule has 1 N–H and O–H groups in total. The van der Waals surface area contributed by atoms with E-state index < -0.39 is 9.05 Å². The van der Waals surface area contributed by atoms with Crippen LogP contribution in [0.4, 0.5) is 0 Å². The van der Waals surface area contributed by atoms with Crippen LogP contribution in [0.2, 0.25) is 0 Å². The number of rotatable bonds is 1. The fourth-order valence-electron chi connectivity index (χ4n) is 1.96. The Morgan fingerprint density at radius 2 is 1.81 bits per heavy atom. The topological polar surface area (TPSA) is 49.9 Å². The van der Waals surface area contributed by atoms with Crippen LogP contribution in [0.25, 0.3) is 10.9 Å². The molecule has 0 spiro atoms. The Morgan fingerprint density at radius 1 is 1.19 bits per heavy atom. The van der Waals surface area contributed by atoms with Gasteiger partial charge in [-0.1, -0.05) is 6.07 Å². The third-order valence-corrected chi connectivity index (χ3v) is 4.33. The normalized spacial score (nSPS) is 12.2. The van der Waals surface area contributed by atoms with E-state index in [2.05, 4.69) is 4.98 Å². The first kappa shape index (κ1) is 11.5. The summed E-state index contributed by atoms with van der Waals surface area (Å²) < 4.78 is 23.1. The maximum atomic E-state index is 11.5. The van der Waals surface area contributed by atoms with Crippen molar-refractivity contribution in [3.63, 3.8) is 0 Å². The number of nitrogens with one attached hydrogen (secondary N) is 1. The molecular weight excluding hydrogens is 246 g/mol. The van der Waals surface area contributed by atoms with Gasteiger partial charge in [0.2, 0.25) is 0 Å². The first-order chi connectivity index (χ1) is 7.32. The molecule has 0 unspecified atom stereocenters. The average molecular weight is 258 g/mol. The van der Waals surface area contributed by atoms with E-state index in [0.717, 1.165) is 16.6 Å². The summed E-state index contributed by atoms with van der Waals surface area (Å²) in [6.07, 6.45) is 0. The number of benzene rings is 1. The van der Waals surface area contributed by atoms with Crippen molar-refractivity contribution in [2.75, 3.05) is 0 Å². The highest BCUT2D eigenvalue weighted by molar-refractivity contribution is 8.14. The summed E-state index contributed by atoms with van der Waals surface area (Å²) >= 11 is 0. The smallest absolute Gasteiger partial charge is 0.263 e. The summed E-state index contributed by atoms with van der Waals surface area (Å²) in [5.74, 6) is 0. The molecule has 1 aromatic carbocycles. The highest BCUT2D eigenvalue weighted by atomic mass is 35.7. The highest BCUT2D eigenvalue weighted by Crippen LogP contribution is 2.32. The second-order valence-corrected chi connectivity index (χ2v) is 6.45. The number of H-pyrrole nitrogens is 1. The van der Waals surface area contributed by atoms with Crippen LogP contribution in [0.3, 0.4) is 0 Å². The minimum atomic E-state index is -3.72. The van der Waals surface area contributed by atoms with E-state index >= 15 is 0 Å². The van der Waals surface area contributed by atoms with Crippen molar-refractivity contribution < 1.29 is 8.42 Å². The van der Waals surface area contributed by atoms with Crippen LogP contribution < -0.4 is 0 Å². The van der Waals surface area contributed by atoms with Crippen molar-refractivity contribution in [2.45, 2.75) is 25.7 Å². The zero-order chi connectivity index (χ0) is 12.1. The Hall–Kier alpha value is -1.00. The average Bonchev–Trinajstić information content (AvgIpc) is 2.48. The minimum absolute atomic E-state index is 0.199. The number of hydrogen-bond donors (Lipinski definition) is 1. The van der Waals surface area contributed by atoms with Gasteiger partial charge in [-0.3, -0.25) is 0 Å². The maximum absolute atomic E-state index is 11.5. The van der Waals surface area contributed by atoms with Gasteiger partial charge < -0.3 is 4.98 Å². The molecule has 1 aromatic heterocycles. The van der Waals surface area contributed by atoms with Gasteiger partial charge >= 0.3 is 0 Å². The van der Waals surface area contributed by atoms with E-state index in [1.807, 2.05) is 26.0 Å². The first-order valence-electron chi connectivity index (χ1n) is 4.85. The van der Waals surface area contributed by atoms with Gasteiger partial charge in [0.1, 0.15) is 4.90 Å². The first-order valence-corrected chi connectivity index (χ1v) is 7.16. The highest BCUT2D eigenvalue weighted by Gasteiger charge is 2.21. The molecule has 16 heavy (non-hydrogen) atoms. The zero-order valence-corrected chi connectivity index (χ0v) is 10.8. The molecule has 2 rings (SSSR count). The van der Waals surface area contributed by atoms with Gasteiger partial charge in [0, 0.05) is 27.3 Å². The lowest BCUT2D eigenvalue weighted by atomic mass is 10.1. The monoisotopic (exact) mass is 257 g/mol. The van der Waals surface area contributed by atoms with Crippen molar-refractivity contribution >= 4 is 30.6 Å². The van der Waals surface area contributed by atoms with E-state index in [4.69, 9.17) is 10.7 Å². The van der Waals surface area contributed by atoms with Crippen molar-refractivity contribution in [2.24, 2.45) is 0 Å². The van der Waals surface area contributed by atoms with E-state index in [1.54, 1.807) is 6.92 Å². The minimum Gasteiger partial charge on any atom is -0.357 e. The van der Waals surface area contributed by atoms with Crippen molar-refractivity contribution in [3.05, 3.63) is 29.0 Å². The van der Waals surface area contributed by atoms with Crippen molar-refractivity contribution in [3.8, 4) is 0 Å². The molecule has 1 heterocycles. The maximum Gasteiger partial charge on any atom is 0.263 e. The van der Waals surface area contributed by atoms with Crippen LogP contribution in [0, 0.1) is 20.8 Å². The number of fused-ring (bicyclic) bond motifs is 1. The van der Waals surface area contributed by atoms with Gasteiger partial charge in [-0.25, -0.2) is 8.42 Å². The molecule has 0 aliphatic rings. The molecule has 5 heteroatoms. The standard InChI is InChI=1S/C11H12ClNO2S/c1-6-4-5-9-10(7(6)2)11(8(3)13-9)16(12,14)15/h4-5,13H,1-3H3. The number of hydrogen-bond acceptors (Lipinski definition) is 2. The second-order valence-electron chi connectivity index (χ2n) is 3.95. The number of aryl methyl sites for hydroxylation is 3. The fraction of sp³-hybridized carbons (Fsp3) is 0.273. The Balaban J connectivity index is 3.04. The van der Waals surface area contributed by atoms with Crippen LogP contribution in [0.15, 0.2) is 17.0 Å². The Labute approximate surface area is 98.8 Å². The van der Waals surface area contributed by atoms with Gasteiger partial charge in [0.25, 0.3) is 9.05 Å². The van der Waals surface area contributed by atoms with Crippen LogP contribution in [0.5, 0.6) is 0 Å². The molecule has 0 atom stereocenters. The summed E-state index contributed by atoms with van der Waals surface area (Å²) in [6.45, 7) is 5.56. The largest absolute Gasteiger partial charge is 0.357 e. The van der Waals surface area contributed by atoms with Crippen molar-refractivity contribution in [1.29, 1.82) is 0 Å². The second kappa shape index (κ2) is 3.50. The van der Waals surface area contributed by atoms with Gasteiger partial charge in [-0.2, -0.15) is 0 Å². The molecule has 0 saturated heterocycles. The number of aromatic amines is 1. The number of halogens is 1. The molecule has 0 bridgehead atoms. The van der Waals surface area contributed by atoms with Gasteiger partial charge in [0.05, 0.1) is 0 Å². The summed E-state index contributed by atoms with van der Waals surface area (Å²) in [4.78, 5) is 3.24. The molecule has 2 aromatic rings. The predicted molar refractivity (Wildman–Crippen MR) is 65.5 cm³/mol. The Bertz CT molecular complexity index is 671. The van der Waals surface area contributed by atoms with Gasteiger partial charge in [0.15, 0.2) is 0 Å². The number of aromatic nitrogens is 1. The van der Waals surface area contributed by atoms with Crippen LogP contribution >= 0.6 is 10.7 Å².